The first-order valence-corrected chi connectivity index (χ1v) is 10.4. The van der Waals surface area contributed by atoms with Crippen LogP contribution >= 0.6 is 0 Å². The average Bonchev–Trinajstić information content (AvgIpc) is 3.39. The summed E-state index contributed by atoms with van der Waals surface area (Å²) in [6, 6.07) is 16.0. The molecule has 0 unspecified atom stereocenters. The monoisotopic (exact) mass is 413 g/mol. The number of nitrogens with zero attached hydrogens (tertiary/aromatic N) is 3. The maximum absolute atomic E-state index is 11.5. The van der Waals surface area contributed by atoms with Crippen molar-refractivity contribution in [2.24, 2.45) is 0 Å². The molecule has 0 aliphatic heterocycles. The molecule has 5 rings (SSSR count). The zero-order chi connectivity index (χ0) is 21.6. The summed E-state index contributed by atoms with van der Waals surface area (Å²) in [6.45, 7) is 4.56. The number of carboxylic acids is 1. The van der Waals surface area contributed by atoms with Crippen molar-refractivity contribution in [3.63, 3.8) is 0 Å². The van der Waals surface area contributed by atoms with E-state index in [1.165, 1.54) is 0 Å². The van der Waals surface area contributed by atoms with Crippen molar-refractivity contribution in [1.82, 2.24) is 14.9 Å². The Kier molecular flexibility index (Phi) is 4.50. The largest absolute Gasteiger partial charge is 0.481 e. The molecule has 156 valence electrons. The molecule has 1 aliphatic rings. The molecule has 6 nitrogen and oxygen atoms in total. The zero-order valence-corrected chi connectivity index (χ0v) is 17.5. The lowest BCUT2D eigenvalue weighted by atomic mass is 9.93. The van der Waals surface area contributed by atoms with Gasteiger partial charge in [-0.3, -0.25) is 9.48 Å². The molecule has 2 aromatic carbocycles. The summed E-state index contributed by atoms with van der Waals surface area (Å²) >= 11 is 0. The molecule has 1 aliphatic carbocycles. The van der Waals surface area contributed by atoms with Crippen LogP contribution in [0.25, 0.3) is 22.5 Å². The molecule has 0 radical (unpaired) electrons. The van der Waals surface area contributed by atoms with E-state index < -0.39 is 11.4 Å². The summed E-state index contributed by atoms with van der Waals surface area (Å²) in [5, 5.41) is 18.0. The Labute approximate surface area is 180 Å². The molecule has 2 aromatic heterocycles. The van der Waals surface area contributed by atoms with Crippen LogP contribution in [0, 0.1) is 13.8 Å². The highest BCUT2D eigenvalue weighted by Crippen LogP contribution is 2.48. The number of benzene rings is 2. The van der Waals surface area contributed by atoms with Gasteiger partial charge in [-0.1, -0.05) is 53.7 Å². The van der Waals surface area contributed by atoms with Gasteiger partial charge in [0, 0.05) is 17.3 Å². The van der Waals surface area contributed by atoms with Crippen molar-refractivity contribution in [1.29, 1.82) is 0 Å². The van der Waals surface area contributed by atoms with Crippen molar-refractivity contribution in [3.8, 4) is 22.5 Å². The quantitative estimate of drug-likeness (QED) is 0.482. The topological polar surface area (TPSA) is 81.2 Å². The normalized spacial score (nSPS) is 14.5. The molecule has 1 N–H and O–H groups in total. The third kappa shape index (κ3) is 3.44. The lowest BCUT2D eigenvalue weighted by Gasteiger charge is -2.11. The van der Waals surface area contributed by atoms with Gasteiger partial charge in [-0.05, 0) is 48.9 Å². The lowest BCUT2D eigenvalue weighted by Crippen LogP contribution is -2.19. The minimum absolute atomic E-state index is 0.604. The van der Waals surface area contributed by atoms with E-state index in [9.17, 15) is 9.90 Å². The van der Waals surface area contributed by atoms with Crippen LogP contribution in [0.1, 0.15) is 35.2 Å². The van der Waals surface area contributed by atoms with Gasteiger partial charge in [-0.25, -0.2) is 0 Å². The predicted octanol–water partition coefficient (Wildman–Crippen LogP) is 4.99. The molecule has 6 heteroatoms. The van der Waals surface area contributed by atoms with Gasteiger partial charge in [0.1, 0.15) is 0 Å². The van der Waals surface area contributed by atoms with Gasteiger partial charge in [0.2, 0.25) is 0 Å². The van der Waals surface area contributed by atoms with E-state index in [0.29, 0.717) is 19.4 Å². The molecular formula is C25H23N3O3. The Bertz CT molecular complexity index is 1250. The molecular weight excluding hydrogens is 390 g/mol. The summed E-state index contributed by atoms with van der Waals surface area (Å²) in [7, 11) is 0. The fourth-order valence-corrected chi connectivity index (χ4v) is 4.06. The Balaban J connectivity index is 1.39. The van der Waals surface area contributed by atoms with Gasteiger partial charge in [0.25, 0.3) is 0 Å². The minimum Gasteiger partial charge on any atom is -0.481 e. The van der Waals surface area contributed by atoms with Gasteiger partial charge in [0.05, 0.1) is 23.9 Å². The average molecular weight is 413 g/mol. The van der Waals surface area contributed by atoms with Gasteiger partial charge in [-0.15, -0.1) is 0 Å². The van der Waals surface area contributed by atoms with Crippen molar-refractivity contribution < 1.29 is 14.4 Å². The standard InChI is InChI=1S/C25H23N3O3/c1-16-13-26-28(14-16)15-22-17(2)27-31-23(22)20-5-3-18(4-6-20)19-7-9-21(10-8-19)25(11-12-25)24(29)30/h3-10,13-14H,11-12,15H2,1-2H3,(H,29,30). The number of aromatic nitrogens is 3. The van der Waals surface area contributed by atoms with E-state index in [1.807, 2.05) is 79.5 Å². The third-order valence-corrected chi connectivity index (χ3v) is 6.14. The highest BCUT2D eigenvalue weighted by molar-refractivity contribution is 5.85. The molecule has 1 saturated carbocycles. The first-order chi connectivity index (χ1) is 15.0. The van der Waals surface area contributed by atoms with Crippen LogP contribution in [0.2, 0.25) is 0 Å². The van der Waals surface area contributed by atoms with E-state index in [4.69, 9.17) is 4.52 Å². The van der Waals surface area contributed by atoms with Gasteiger partial charge in [-0.2, -0.15) is 5.10 Å². The number of hydrogen-bond acceptors (Lipinski definition) is 4. The van der Waals surface area contributed by atoms with E-state index in [-0.39, 0.29) is 0 Å². The van der Waals surface area contributed by atoms with Crippen LogP contribution in [0.4, 0.5) is 0 Å². The van der Waals surface area contributed by atoms with E-state index in [0.717, 1.165) is 44.8 Å². The number of carboxylic acid groups (broad SMARTS) is 1. The van der Waals surface area contributed by atoms with E-state index in [1.54, 1.807) is 0 Å². The molecule has 4 aromatic rings. The smallest absolute Gasteiger partial charge is 0.314 e. The number of aryl methyl sites for hydroxylation is 2. The minimum atomic E-state index is -0.729. The molecule has 1 fully saturated rings. The van der Waals surface area contributed by atoms with Crippen LogP contribution in [0.3, 0.4) is 0 Å². The Hall–Kier alpha value is -3.67. The highest BCUT2D eigenvalue weighted by Gasteiger charge is 2.51. The molecule has 0 amide bonds. The molecule has 0 saturated heterocycles. The SMILES string of the molecule is Cc1cnn(Cc2c(C)noc2-c2ccc(-c3ccc(C4(C(=O)O)CC4)cc3)cc2)c1. The fourth-order valence-electron chi connectivity index (χ4n) is 4.06. The van der Waals surface area contributed by atoms with E-state index in [2.05, 4.69) is 10.3 Å². The summed E-state index contributed by atoms with van der Waals surface area (Å²) < 4.78 is 7.53. The summed E-state index contributed by atoms with van der Waals surface area (Å²) in [4.78, 5) is 11.5. The van der Waals surface area contributed by atoms with E-state index >= 15 is 0 Å². The Morgan fingerprint density at radius 3 is 2.19 bits per heavy atom. The van der Waals surface area contributed by atoms with Crippen molar-refractivity contribution >= 4 is 5.97 Å². The lowest BCUT2D eigenvalue weighted by molar-refractivity contribution is -0.140. The summed E-state index contributed by atoms with van der Waals surface area (Å²) in [6.07, 6.45) is 5.27. The number of rotatable bonds is 6. The van der Waals surface area contributed by atoms with Gasteiger partial charge >= 0.3 is 5.97 Å². The fraction of sp³-hybridized carbons (Fsp3) is 0.240. The second kappa shape index (κ2) is 7.23. The predicted molar refractivity (Wildman–Crippen MR) is 117 cm³/mol. The molecule has 0 spiro atoms. The second-order valence-electron chi connectivity index (χ2n) is 8.33. The molecule has 0 bridgehead atoms. The van der Waals surface area contributed by atoms with Crippen molar-refractivity contribution in [3.05, 3.63) is 83.3 Å². The molecule has 31 heavy (non-hydrogen) atoms. The van der Waals surface area contributed by atoms with Crippen LogP contribution in [0.5, 0.6) is 0 Å². The summed E-state index contributed by atoms with van der Waals surface area (Å²) in [5.41, 5.74) is 6.28. The molecule has 2 heterocycles. The maximum atomic E-state index is 11.5. The first kappa shape index (κ1) is 19.3. The molecule has 0 atom stereocenters. The van der Waals surface area contributed by atoms with Crippen LogP contribution in [-0.2, 0) is 16.8 Å². The number of carbonyl (C=O) groups is 1. The van der Waals surface area contributed by atoms with Crippen molar-refractivity contribution in [2.75, 3.05) is 0 Å². The second-order valence-corrected chi connectivity index (χ2v) is 8.33. The Morgan fingerprint density at radius 2 is 1.65 bits per heavy atom. The number of hydrogen-bond donors (Lipinski definition) is 1. The van der Waals surface area contributed by atoms with Gasteiger partial charge < -0.3 is 9.63 Å². The first-order valence-electron chi connectivity index (χ1n) is 10.4. The van der Waals surface area contributed by atoms with Crippen molar-refractivity contribution in [2.45, 2.75) is 38.6 Å². The third-order valence-electron chi connectivity index (χ3n) is 6.14. The maximum Gasteiger partial charge on any atom is 0.314 e. The van der Waals surface area contributed by atoms with Crippen LogP contribution < -0.4 is 0 Å². The highest BCUT2D eigenvalue weighted by atomic mass is 16.5. The van der Waals surface area contributed by atoms with Gasteiger partial charge in [0.15, 0.2) is 5.76 Å². The summed E-state index contributed by atoms with van der Waals surface area (Å²) in [5.74, 6) is 0.0257. The Morgan fingerprint density at radius 1 is 1.03 bits per heavy atom. The zero-order valence-electron chi connectivity index (χ0n) is 17.5. The van der Waals surface area contributed by atoms with Crippen LogP contribution in [-0.4, -0.2) is 26.0 Å². The number of aliphatic carboxylic acids is 1. The van der Waals surface area contributed by atoms with Crippen LogP contribution in [0.15, 0.2) is 65.4 Å².